The molecule has 18 heavy (non-hydrogen) atoms. The number of hydrogen-bond acceptors (Lipinski definition) is 2. The minimum atomic E-state index is -0.254. The minimum Gasteiger partial charge on any atom is -0.397 e. The van der Waals surface area contributed by atoms with Gasteiger partial charge < -0.3 is 11.1 Å². The van der Waals surface area contributed by atoms with Gasteiger partial charge in [0.1, 0.15) is 0 Å². The summed E-state index contributed by atoms with van der Waals surface area (Å²) >= 11 is 9.19. The molecule has 0 saturated heterocycles. The highest BCUT2D eigenvalue weighted by Crippen LogP contribution is 2.22. The number of nitrogen functional groups attached to an aromatic ring is 1. The molecule has 0 spiro atoms. The third-order valence-corrected chi connectivity index (χ3v) is 3.01. The number of carbonyl (C=O) groups excluding carboxylic acids is 1. The van der Waals surface area contributed by atoms with Gasteiger partial charge in [0.2, 0.25) is 0 Å². The lowest BCUT2D eigenvalue weighted by atomic mass is 10.2. The molecule has 3 N–H and O–H groups in total. The zero-order chi connectivity index (χ0) is 13.1. The third kappa shape index (κ3) is 3.03. The maximum Gasteiger partial charge on any atom is 0.255 e. The van der Waals surface area contributed by atoms with Crippen LogP contribution in [-0.4, -0.2) is 5.91 Å². The van der Waals surface area contributed by atoms with E-state index in [-0.39, 0.29) is 5.91 Å². The topological polar surface area (TPSA) is 55.1 Å². The van der Waals surface area contributed by atoms with E-state index in [1.165, 1.54) is 0 Å². The van der Waals surface area contributed by atoms with Crippen LogP contribution in [-0.2, 0) is 0 Å². The first kappa shape index (κ1) is 12.9. The smallest absolute Gasteiger partial charge is 0.255 e. The molecule has 2 aromatic carbocycles. The fourth-order valence-corrected chi connectivity index (χ4v) is 2.35. The van der Waals surface area contributed by atoms with Crippen LogP contribution in [0, 0.1) is 0 Å². The molecule has 0 aliphatic heterocycles. The molecule has 0 bridgehead atoms. The average molecular weight is 326 g/mol. The van der Waals surface area contributed by atoms with E-state index in [0.717, 1.165) is 4.47 Å². The Labute approximate surface area is 118 Å². The number of rotatable bonds is 2. The first-order valence-corrected chi connectivity index (χ1v) is 6.35. The fourth-order valence-electron chi connectivity index (χ4n) is 1.49. The number of anilines is 2. The van der Waals surface area contributed by atoms with Gasteiger partial charge in [-0.25, -0.2) is 0 Å². The van der Waals surface area contributed by atoms with Crippen LogP contribution in [0.5, 0.6) is 0 Å². The van der Waals surface area contributed by atoms with E-state index < -0.39 is 0 Å². The number of halogens is 2. The van der Waals surface area contributed by atoms with Crippen molar-refractivity contribution in [2.24, 2.45) is 0 Å². The van der Waals surface area contributed by atoms with Crippen molar-refractivity contribution in [2.75, 3.05) is 11.1 Å². The van der Waals surface area contributed by atoms with Crippen LogP contribution in [0.15, 0.2) is 46.9 Å². The lowest BCUT2D eigenvalue weighted by molar-refractivity contribution is 0.102. The van der Waals surface area contributed by atoms with E-state index in [1.807, 2.05) is 0 Å². The molecule has 0 unspecified atom stereocenters. The van der Waals surface area contributed by atoms with Crippen LogP contribution in [0.4, 0.5) is 11.4 Å². The fraction of sp³-hybridized carbons (Fsp3) is 0. The summed E-state index contributed by atoms with van der Waals surface area (Å²) in [6.07, 6.45) is 0. The van der Waals surface area contributed by atoms with E-state index >= 15 is 0 Å². The van der Waals surface area contributed by atoms with Crippen LogP contribution in [0.1, 0.15) is 10.4 Å². The largest absolute Gasteiger partial charge is 0.397 e. The summed E-state index contributed by atoms with van der Waals surface area (Å²) in [5.74, 6) is -0.254. The van der Waals surface area contributed by atoms with Gasteiger partial charge in [0.25, 0.3) is 5.91 Å². The van der Waals surface area contributed by atoms with E-state index in [4.69, 9.17) is 17.3 Å². The Balaban J connectivity index is 2.25. The van der Waals surface area contributed by atoms with Crippen LogP contribution >= 0.6 is 27.5 Å². The second-order valence-corrected chi connectivity index (χ2v) is 5.05. The number of hydrogen-bond donors (Lipinski definition) is 2. The first-order valence-electron chi connectivity index (χ1n) is 5.18. The number of nitrogens with one attached hydrogen (secondary N) is 1. The number of nitrogens with two attached hydrogens (primary N) is 1. The summed E-state index contributed by atoms with van der Waals surface area (Å²) in [5.41, 5.74) is 7.33. The van der Waals surface area contributed by atoms with Crippen molar-refractivity contribution in [1.29, 1.82) is 0 Å². The van der Waals surface area contributed by atoms with Gasteiger partial charge in [-0.05, 0) is 30.3 Å². The monoisotopic (exact) mass is 324 g/mol. The zero-order valence-electron chi connectivity index (χ0n) is 9.28. The summed E-state index contributed by atoms with van der Waals surface area (Å²) in [6.45, 7) is 0. The molecule has 0 radical (unpaired) electrons. The summed E-state index contributed by atoms with van der Waals surface area (Å²) < 4.78 is 0.751. The van der Waals surface area contributed by atoms with E-state index in [0.29, 0.717) is 22.0 Å². The van der Waals surface area contributed by atoms with Gasteiger partial charge in [0, 0.05) is 15.1 Å². The summed E-state index contributed by atoms with van der Waals surface area (Å²) in [5, 5.41) is 3.23. The molecule has 2 aromatic rings. The number of para-hydroxylation sites is 2. The molecular formula is C13H10BrClN2O. The maximum absolute atomic E-state index is 12.0. The summed E-state index contributed by atoms with van der Waals surface area (Å²) in [6, 6.07) is 12.1. The Bertz CT molecular complexity index is 581. The molecule has 0 aliphatic rings. The standard InChI is InChI=1S/C13H10BrClN2O/c14-9-5-8(6-10(15)7-9)13(18)17-12-4-2-1-3-11(12)16/h1-7H,16H2,(H,17,18). The summed E-state index contributed by atoms with van der Waals surface area (Å²) in [4.78, 5) is 12.0. The Morgan fingerprint density at radius 3 is 2.61 bits per heavy atom. The van der Waals surface area contributed by atoms with Gasteiger partial charge in [-0.15, -0.1) is 0 Å². The van der Waals surface area contributed by atoms with Gasteiger partial charge in [-0.1, -0.05) is 39.7 Å². The van der Waals surface area contributed by atoms with Gasteiger partial charge in [0.05, 0.1) is 11.4 Å². The van der Waals surface area contributed by atoms with Crippen LogP contribution in [0.3, 0.4) is 0 Å². The van der Waals surface area contributed by atoms with Crippen LogP contribution in [0.2, 0.25) is 5.02 Å². The summed E-state index contributed by atoms with van der Waals surface area (Å²) in [7, 11) is 0. The van der Waals surface area contributed by atoms with Gasteiger partial charge in [-0.3, -0.25) is 4.79 Å². The molecule has 0 atom stereocenters. The lowest BCUT2D eigenvalue weighted by Crippen LogP contribution is -2.13. The molecule has 3 nitrogen and oxygen atoms in total. The van der Waals surface area contributed by atoms with Crippen molar-refractivity contribution in [3.63, 3.8) is 0 Å². The molecule has 0 aliphatic carbocycles. The normalized spacial score (nSPS) is 10.1. The lowest BCUT2D eigenvalue weighted by Gasteiger charge is -2.08. The predicted octanol–water partition coefficient (Wildman–Crippen LogP) is 3.94. The van der Waals surface area contributed by atoms with Crippen molar-refractivity contribution in [3.8, 4) is 0 Å². The molecule has 0 heterocycles. The Morgan fingerprint density at radius 2 is 1.94 bits per heavy atom. The number of amides is 1. The highest BCUT2D eigenvalue weighted by molar-refractivity contribution is 9.10. The average Bonchev–Trinajstić information content (AvgIpc) is 2.31. The first-order chi connectivity index (χ1) is 8.56. The third-order valence-electron chi connectivity index (χ3n) is 2.33. The van der Waals surface area contributed by atoms with Gasteiger partial charge in [0.15, 0.2) is 0 Å². The van der Waals surface area contributed by atoms with Crippen LogP contribution in [0.25, 0.3) is 0 Å². The molecule has 1 amide bonds. The van der Waals surface area contributed by atoms with Crippen molar-refractivity contribution in [3.05, 3.63) is 57.5 Å². The van der Waals surface area contributed by atoms with Crippen molar-refractivity contribution >= 4 is 44.8 Å². The van der Waals surface area contributed by atoms with E-state index in [1.54, 1.807) is 42.5 Å². The van der Waals surface area contributed by atoms with Crippen molar-refractivity contribution < 1.29 is 4.79 Å². The molecule has 92 valence electrons. The minimum absolute atomic E-state index is 0.254. The number of carbonyl (C=O) groups is 1. The highest BCUT2D eigenvalue weighted by Gasteiger charge is 2.09. The van der Waals surface area contributed by atoms with Gasteiger partial charge >= 0.3 is 0 Å². The Kier molecular flexibility index (Phi) is 3.89. The van der Waals surface area contributed by atoms with Crippen LogP contribution < -0.4 is 11.1 Å². The molecule has 0 aromatic heterocycles. The molecule has 5 heteroatoms. The highest BCUT2D eigenvalue weighted by atomic mass is 79.9. The Morgan fingerprint density at radius 1 is 1.22 bits per heavy atom. The second kappa shape index (κ2) is 5.42. The zero-order valence-corrected chi connectivity index (χ0v) is 11.6. The number of benzene rings is 2. The molecule has 2 rings (SSSR count). The quantitative estimate of drug-likeness (QED) is 0.822. The van der Waals surface area contributed by atoms with E-state index in [2.05, 4.69) is 21.2 Å². The van der Waals surface area contributed by atoms with Crippen molar-refractivity contribution in [2.45, 2.75) is 0 Å². The van der Waals surface area contributed by atoms with Crippen molar-refractivity contribution in [1.82, 2.24) is 0 Å². The van der Waals surface area contributed by atoms with Gasteiger partial charge in [-0.2, -0.15) is 0 Å². The molecule has 0 saturated carbocycles. The SMILES string of the molecule is Nc1ccccc1NC(=O)c1cc(Cl)cc(Br)c1. The van der Waals surface area contributed by atoms with E-state index in [9.17, 15) is 4.79 Å². The molecular weight excluding hydrogens is 316 g/mol. The predicted molar refractivity (Wildman–Crippen MR) is 78.0 cm³/mol. The molecule has 0 fully saturated rings. The second-order valence-electron chi connectivity index (χ2n) is 3.70. The maximum atomic E-state index is 12.0. The Hall–Kier alpha value is -1.52.